The van der Waals surface area contributed by atoms with Crippen molar-refractivity contribution in [1.82, 2.24) is 0 Å². The third kappa shape index (κ3) is 2.54. The predicted molar refractivity (Wildman–Crippen MR) is 49.9 cm³/mol. The van der Waals surface area contributed by atoms with Gasteiger partial charge < -0.3 is 12.4 Å². The van der Waals surface area contributed by atoms with Crippen LogP contribution in [0.15, 0.2) is 48.6 Å². The number of hydrogen-bond acceptors (Lipinski definition) is 0. The van der Waals surface area contributed by atoms with E-state index in [1.165, 1.54) is 0 Å². The Morgan fingerprint density at radius 3 is 1.38 bits per heavy atom. The molecular formula is C11H13ClZr. The molecule has 0 saturated carbocycles. The van der Waals surface area contributed by atoms with Crippen molar-refractivity contribution in [2.45, 2.75) is 11.9 Å². The molecule has 0 saturated heterocycles. The molecule has 2 heteroatoms. The van der Waals surface area contributed by atoms with Gasteiger partial charge in [0.1, 0.15) is 0 Å². The smallest absolute Gasteiger partial charge is 1.00 e. The fraction of sp³-hybridized carbons (Fsp3) is 0.273. The Bertz CT molecular complexity index is 224. The summed E-state index contributed by atoms with van der Waals surface area (Å²) in [6.07, 6.45) is 18.2. The van der Waals surface area contributed by atoms with Gasteiger partial charge in [0, 0.05) is 0 Å². The van der Waals surface area contributed by atoms with E-state index in [1.54, 1.807) is 0 Å². The molecule has 2 rings (SSSR count). The van der Waals surface area contributed by atoms with Gasteiger partial charge in [-0.1, -0.05) is 0 Å². The number of halogens is 1. The van der Waals surface area contributed by atoms with E-state index in [0.717, 1.165) is 7.25 Å². The third-order valence-electron chi connectivity index (χ3n) is 2.55. The quantitative estimate of drug-likeness (QED) is 0.686. The molecule has 68 valence electrons. The van der Waals surface area contributed by atoms with E-state index in [1.807, 2.05) is 0 Å². The van der Waals surface area contributed by atoms with Gasteiger partial charge in [-0.2, -0.15) is 0 Å². The minimum absolute atomic E-state index is 0. The molecule has 0 nitrogen and oxygen atoms in total. The maximum absolute atomic E-state index is 2.51. The van der Waals surface area contributed by atoms with Crippen LogP contribution in [-0.2, 0) is 21.8 Å². The topological polar surface area (TPSA) is 0 Å². The van der Waals surface area contributed by atoms with Crippen molar-refractivity contribution in [2.24, 2.45) is 0 Å². The Morgan fingerprint density at radius 2 is 1.08 bits per heavy atom. The SMILES string of the molecule is [CH3][Zr+]([CH]1C=CC=C1)[CH]1C=CC=C1.[Cl-]. The molecule has 0 spiro atoms. The normalized spacial score (nSPS) is 19.8. The van der Waals surface area contributed by atoms with Crippen LogP contribution in [0.5, 0.6) is 0 Å². The van der Waals surface area contributed by atoms with Crippen molar-refractivity contribution < 1.29 is 34.2 Å². The van der Waals surface area contributed by atoms with E-state index < -0.39 is 21.8 Å². The van der Waals surface area contributed by atoms with Gasteiger partial charge in [-0.05, 0) is 0 Å². The molecule has 0 fully saturated rings. The van der Waals surface area contributed by atoms with Gasteiger partial charge in [-0.15, -0.1) is 0 Å². The maximum Gasteiger partial charge on any atom is -1.00 e. The van der Waals surface area contributed by atoms with Crippen molar-refractivity contribution in [3.05, 3.63) is 48.6 Å². The second-order valence-electron chi connectivity index (χ2n) is 3.34. The maximum atomic E-state index is 2.51. The summed E-state index contributed by atoms with van der Waals surface area (Å²) >= 11 is -1.22. The molecule has 0 aromatic heterocycles. The van der Waals surface area contributed by atoms with Crippen molar-refractivity contribution in [1.29, 1.82) is 0 Å². The number of rotatable bonds is 2. The molecule has 2 aliphatic rings. The minimum atomic E-state index is -1.22. The average Bonchev–Trinajstić information content (AvgIpc) is 2.77. The Labute approximate surface area is 94.2 Å². The average molecular weight is 272 g/mol. The third-order valence-corrected chi connectivity index (χ3v) is 9.61. The summed E-state index contributed by atoms with van der Waals surface area (Å²) in [5, 5.41) is 0. The molecular weight excluding hydrogens is 259 g/mol. The Hall–Kier alpha value is 0.133. The van der Waals surface area contributed by atoms with Crippen LogP contribution in [0.2, 0.25) is 11.9 Å². The van der Waals surface area contributed by atoms with Crippen LogP contribution >= 0.6 is 0 Å². The molecule has 0 atom stereocenters. The molecule has 0 N–H and O–H groups in total. The zero-order chi connectivity index (χ0) is 8.39. The second kappa shape index (κ2) is 5.12. The summed E-state index contributed by atoms with van der Waals surface area (Å²) in [5.41, 5.74) is 0. The van der Waals surface area contributed by atoms with Crippen molar-refractivity contribution in [3.8, 4) is 0 Å². The molecule has 0 radical (unpaired) electrons. The molecule has 13 heavy (non-hydrogen) atoms. The van der Waals surface area contributed by atoms with Crippen molar-refractivity contribution >= 4 is 0 Å². The number of hydrogen-bond donors (Lipinski definition) is 0. The van der Waals surface area contributed by atoms with Crippen molar-refractivity contribution in [2.75, 3.05) is 0 Å². The largest absolute Gasteiger partial charge is 1.00 e. The van der Waals surface area contributed by atoms with Gasteiger partial charge >= 0.3 is 82.2 Å². The van der Waals surface area contributed by atoms with E-state index in [-0.39, 0.29) is 12.4 Å². The molecule has 0 amide bonds. The first-order valence-electron chi connectivity index (χ1n) is 4.41. The fourth-order valence-corrected chi connectivity index (χ4v) is 6.86. The van der Waals surface area contributed by atoms with Crippen LogP contribution in [0.4, 0.5) is 0 Å². The Balaban J connectivity index is 0.000000845. The first-order valence-corrected chi connectivity index (χ1v) is 9.71. The van der Waals surface area contributed by atoms with Crippen LogP contribution in [0, 0.1) is 0 Å². The van der Waals surface area contributed by atoms with E-state index in [4.69, 9.17) is 0 Å². The van der Waals surface area contributed by atoms with Crippen LogP contribution in [0.3, 0.4) is 0 Å². The predicted octanol–water partition coefficient (Wildman–Crippen LogP) is 0.486. The minimum Gasteiger partial charge on any atom is -1.00 e. The van der Waals surface area contributed by atoms with E-state index in [9.17, 15) is 0 Å². The first-order chi connectivity index (χ1) is 5.88. The molecule has 0 bridgehead atoms. The van der Waals surface area contributed by atoms with E-state index >= 15 is 0 Å². The van der Waals surface area contributed by atoms with E-state index in [0.29, 0.717) is 0 Å². The van der Waals surface area contributed by atoms with Crippen molar-refractivity contribution in [3.63, 3.8) is 0 Å². The van der Waals surface area contributed by atoms with E-state index in [2.05, 4.69) is 53.2 Å². The van der Waals surface area contributed by atoms with Crippen LogP contribution < -0.4 is 12.4 Å². The molecule has 0 aromatic carbocycles. The fourth-order valence-electron chi connectivity index (χ4n) is 1.69. The van der Waals surface area contributed by atoms with Crippen LogP contribution in [0.25, 0.3) is 0 Å². The second-order valence-corrected chi connectivity index (χ2v) is 10.3. The van der Waals surface area contributed by atoms with Crippen LogP contribution in [-0.4, -0.2) is 0 Å². The standard InChI is InChI=1S/2C5H5.CH3.ClH.Zr/c2*1-2-4-5-3-1;;;/h2*1-5H;1H3;1H;/q;;;;+1/p-1. The zero-order valence-corrected chi connectivity index (χ0v) is 10.9. The Morgan fingerprint density at radius 1 is 0.769 bits per heavy atom. The molecule has 0 heterocycles. The van der Waals surface area contributed by atoms with Gasteiger partial charge in [-0.3, -0.25) is 0 Å². The van der Waals surface area contributed by atoms with Gasteiger partial charge in [0.2, 0.25) is 0 Å². The zero-order valence-electron chi connectivity index (χ0n) is 7.65. The van der Waals surface area contributed by atoms with Gasteiger partial charge in [0.15, 0.2) is 0 Å². The summed E-state index contributed by atoms with van der Waals surface area (Å²) in [5.74, 6) is 0. The van der Waals surface area contributed by atoms with Gasteiger partial charge in [0.05, 0.1) is 0 Å². The van der Waals surface area contributed by atoms with Gasteiger partial charge in [-0.25, -0.2) is 0 Å². The van der Waals surface area contributed by atoms with Gasteiger partial charge in [0.25, 0.3) is 0 Å². The molecule has 0 aliphatic heterocycles. The summed E-state index contributed by atoms with van der Waals surface area (Å²) in [6, 6.07) is 0. The van der Waals surface area contributed by atoms with Crippen LogP contribution in [0.1, 0.15) is 0 Å². The monoisotopic (exact) mass is 270 g/mol. The molecule has 0 aromatic rings. The molecule has 2 aliphatic carbocycles. The first kappa shape index (κ1) is 11.2. The molecule has 0 unspecified atom stereocenters. The summed E-state index contributed by atoms with van der Waals surface area (Å²) in [6.45, 7) is 0. The number of allylic oxidation sites excluding steroid dienone is 8. The summed E-state index contributed by atoms with van der Waals surface area (Å²) in [7, 11) is 0. The Kier molecular flexibility index (Phi) is 4.42. The summed E-state index contributed by atoms with van der Waals surface area (Å²) < 4.78 is 4.19. The summed E-state index contributed by atoms with van der Waals surface area (Å²) in [4.78, 5) is 0.